The quantitative estimate of drug-likeness (QED) is 0.859. The van der Waals surface area contributed by atoms with Crippen LogP contribution in [0.15, 0.2) is 18.2 Å². The number of amides is 2. The molecule has 0 fully saturated rings. The predicted octanol–water partition coefficient (Wildman–Crippen LogP) is 1.41. The van der Waals surface area contributed by atoms with Gasteiger partial charge in [0.2, 0.25) is 5.91 Å². The van der Waals surface area contributed by atoms with Gasteiger partial charge in [0.1, 0.15) is 11.5 Å². The molecule has 1 rings (SSSR count). The Labute approximate surface area is 123 Å². The summed E-state index contributed by atoms with van der Waals surface area (Å²) in [5.74, 6) is 0.986. The summed E-state index contributed by atoms with van der Waals surface area (Å²) in [5, 5.41) is 2.53. The summed E-state index contributed by atoms with van der Waals surface area (Å²) in [4.78, 5) is 24.3. The molecular weight excluding hydrogens is 276 g/mol. The maximum atomic E-state index is 11.8. The lowest BCUT2D eigenvalue weighted by Gasteiger charge is -2.23. The van der Waals surface area contributed by atoms with Crippen molar-refractivity contribution in [3.05, 3.63) is 18.2 Å². The second-order valence-electron chi connectivity index (χ2n) is 4.13. The van der Waals surface area contributed by atoms with E-state index in [-0.39, 0.29) is 12.5 Å². The third-order valence-corrected chi connectivity index (χ3v) is 2.85. The average molecular weight is 296 g/mol. The molecule has 0 aliphatic heterocycles. The van der Waals surface area contributed by atoms with E-state index in [4.69, 9.17) is 9.47 Å². The first-order chi connectivity index (χ1) is 10.0. The van der Waals surface area contributed by atoms with Gasteiger partial charge in [0.05, 0.1) is 27.0 Å². The number of alkyl carbamates (subject to hydrolysis) is 1. The first-order valence-electron chi connectivity index (χ1n) is 6.35. The average Bonchev–Trinajstić information content (AvgIpc) is 2.50. The van der Waals surface area contributed by atoms with Gasteiger partial charge in [-0.05, 0) is 12.1 Å². The molecule has 116 valence electrons. The molecule has 7 nitrogen and oxygen atoms in total. The molecule has 0 spiro atoms. The Kier molecular flexibility index (Phi) is 6.32. The third kappa shape index (κ3) is 4.55. The van der Waals surface area contributed by atoms with Crippen molar-refractivity contribution in [2.75, 3.05) is 39.3 Å². The van der Waals surface area contributed by atoms with Gasteiger partial charge in [-0.3, -0.25) is 4.79 Å². The number of carbonyl (C=O) groups excluding carboxylic acids is 2. The molecule has 2 amide bonds. The van der Waals surface area contributed by atoms with Gasteiger partial charge in [0.15, 0.2) is 0 Å². The lowest BCUT2D eigenvalue weighted by Crippen LogP contribution is -2.37. The second-order valence-corrected chi connectivity index (χ2v) is 4.13. The van der Waals surface area contributed by atoms with Crippen molar-refractivity contribution < 1.29 is 23.8 Å². The fraction of sp³-hybridized carbons (Fsp3) is 0.429. The maximum Gasteiger partial charge on any atom is 0.406 e. The zero-order chi connectivity index (χ0) is 15.8. The lowest BCUT2D eigenvalue weighted by atomic mass is 10.2. The van der Waals surface area contributed by atoms with Crippen molar-refractivity contribution in [1.29, 1.82) is 0 Å². The number of nitrogens with zero attached hydrogens (tertiary/aromatic N) is 1. The number of ether oxygens (including phenoxy) is 3. The van der Waals surface area contributed by atoms with Crippen LogP contribution in [0.25, 0.3) is 0 Å². The Morgan fingerprint density at radius 2 is 1.90 bits per heavy atom. The number of rotatable bonds is 6. The Hall–Kier alpha value is -2.44. The monoisotopic (exact) mass is 296 g/mol. The minimum absolute atomic E-state index is 0.162. The molecule has 0 aromatic heterocycles. The van der Waals surface area contributed by atoms with E-state index in [1.807, 2.05) is 0 Å². The first kappa shape index (κ1) is 16.6. The minimum Gasteiger partial charge on any atom is -0.497 e. The molecule has 21 heavy (non-hydrogen) atoms. The smallest absolute Gasteiger partial charge is 0.406 e. The topological polar surface area (TPSA) is 77.1 Å². The highest BCUT2D eigenvalue weighted by Gasteiger charge is 2.17. The minimum atomic E-state index is -0.541. The third-order valence-electron chi connectivity index (χ3n) is 2.85. The largest absolute Gasteiger partial charge is 0.497 e. The van der Waals surface area contributed by atoms with E-state index in [0.717, 1.165) is 0 Å². The molecule has 0 radical (unpaired) electrons. The van der Waals surface area contributed by atoms with Crippen LogP contribution >= 0.6 is 0 Å². The first-order valence-corrected chi connectivity index (χ1v) is 6.35. The summed E-state index contributed by atoms with van der Waals surface area (Å²) in [6, 6.07) is 5.16. The van der Waals surface area contributed by atoms with Crippen LogP contribution < -0.4 is 19.7 Å². The highest BCUT2D eigenvalue weighted by Crippen LogP contribution is 2.32. The van der Waals surface area contributed by atoms with Crippen molar-refractivity contribution in [3.63, 3.8) is 0 Å². The Bertz CT molecular complexity index is 504. The SMILES string of the molecule is COC(=O)NCCN(C(C)=O)c1ccc(OC)cc1OC. The van der Waals surface area contributed by atoms with E-state index in [9.17, 15) is 9.59 Å². The molecule has 0 aliphatic rings. The molecule has 0 heterocycles. The lowest BCUT2D eigenvalue weighted by molar-refractivity contribution is -0.116. The molecule has 1 aromatic rings. The van der Waals surface area contributed by atoms with Crippen LogP contribution in [-0.2, 0) is 9.53 Å². The van der Waals surface area contributed by atoms with Gasteiger partial charge < -0.3 is 24.4 Å². The molecule has 0 aliphatic carbocycles. The van der Waals surface area contributed by atoms with E-state index in [2.05, 4.69) is 10.1 Å². The summed E-state index contributed by atoms with van der Waals surface area (Å²) in [5.41, 5.74) is 0.609. The van der Waals surface area contributed by atoms with Gasteiger partial charge in [0, 0.05) is 26.1 Å². The van der Waals surface area contributed by atoms with E-state index < -0.39 is 6.09 Å². The van der Waals surface area contributed by atoms with Crippen molar-refractivity contribution in [1.82, 2.24) is 5.32 Å². The molecule has 0 bridgehead atoms. The number of methoxy groups -OCH3 is 3. The van der Waals surface area contributed by atoms with Gasteiger partial charge in [-0.2, -0.15) is 0 Å². The van der Waals surface area contributed by atoms with Gasteiger partial charge in [0.25, 0.3) is 0 Å². The molecule has 1 aromatic carbocycles. The second kappa shape index (κ2) is 7.98. The Balaban J connectivity index is 2.90. The summed E-state index contributed by atoms with van der Waals surface area (Å²) in [7, 11) is 4.35. The summed E-state index contributed by atoms with van der Waals surface area (Å²) >= 11 is 0. The summed E-state index contributed by atoms with van der Waals surface area (Å²) in [6.45, 7) is 2.01. The van der Waals surface area contributed by atoms with Gasteiger partial charge in [-0.25, -0.2) is 4.79 Å². The van der Waals surface area contributed by atoms with E-state index in [0.29, 0.717) is 23.7 Å². The fourth-order valence-corrected chi connectivity index (χ4v) is 1.80. The van der Waals surface area contributed by atoms with Gasteiger partial charge in [-0.15, -0.1) is 0 Å². The Morgan fingerprint density at radius 3 is 2.43 bits per heavy atom. The summed E-state index contributed by atoms with van der Waals surface area (Å²) in [6.07, 6.45) is -0.541. The molecule has 0 atom stereocenters. The van der Waals surface area contributed by atoms with Crippen LogP contribution in [0.5, 0.6) is 11.5 Å². The highest BCUT2D eigenvalue weighted by molar-refractivity contribution is 5.93. The Morgan fingerprint density at radius 1 is 1.19 bits per heavy atom. The number of benzene rings is 1. The van der Waals surface area contributed by atoms with Crippen LogP contribution in [0.4, 0.5) is 10.5 Å². The van der Waals surface area contributed by atoms with E-state index in [1.54, 1.807) is 25.3 Å². The maximum absolute atomic E-state index is 11.8. The van der Waals surface area contributed by atoms with Crippen LogP contribution in [0.2, 0.25) is 0 Å². The van der Waals surface area contributed by atoms with Crippen LogP contribution in [0.1, 0.15) is 6.92 Å². The standard InChI is InChI=1S/C14H20N2O5/c1-10(17)16(8-7-15-14(18)21-4)12-6-5-11(19-2)9-13(12)20-3/h5-6,9H,7-8H2,1-4H3,(H,15,18). The predicted molar refractivity (Wildman–Crippen MR) is 78.0 cm³/mol. The highest BCUT2D eigenvalue weighted by atomic mass is 16.5. The van der Waals surface area contributed by atoms with Crippen molar-refractivity contribution >= 4 is 17.7 Å². The number of hydrogen-bond acceptors (Lipinski definition) is 5. The molecule has 1 N–H and O–H groups in total. The number of anilines is 1. The number of nitrogens with one attached hydrogen (secondary N) is 1. The van der Waals surface area contributed by atoms with Gasteiger partial charge in [-0.1, -0.05) is 0 Å². The molecule has 0 unspecified atom stereocenters. The van der Waals surface area contributed by atoms with Crippen LogP contribution in [0.3, 0.4) is 0 Å². The number of hydrogen-bond donors (Lipinski definition) is 1. The van der Waals surface area contributed by atoms with Crippen molar-refractivity contribution in [2.24, 2.45) is 0 Å². The molecule has 0 saturated heterocycles. The van der Waals surface area contributed by atoms with E-state index >= 15 is 0 Å². The molecule has 0 saturated carbocycles. The van der Waals surface area contributed by atoms with Crippen molar-refractivity contribution in [2.45, 2.75) is 6.92 Å². The van der Waals surface area contributed by atoms with Crippen molar-refractivity contribution in [3.8, 4) is 11.5 Å². The summed E-state index contributed by atoms with van der Waals surface area (Å²) < 4.78 is 14.9. The van der Waals surface area contributed by atoms with Crippen LogP contribution in [0, 0.1) is 0 Å². The molecule has 7 heteroatoms. The van der Waals surface area contributed by atoms with Crippen LogP contribution in [-0.4, -0.2) is 46.4 Å². The normalized spacial score (nSPS) is 9.71. The zero-order valence-corrected chi connectivity index (χ0v) is 12.6. The molecular formula is C14H20N2O5. The fourth-order valence-electron chi connectivity index (χ4n) is 1.80. The zero-order valence-electron chi connectivity index (χ0n) is 12.6. The van der Waals surface area contributed by atoms with E-state index in [1.165, 1.54) is 26.0 Å². The number of carbonyl (C=O) groups is 2. The van der Waals surface area contributed by atoms with Gasteiger partial charge >= 0.3 is 6.09 Å².